The molecule has 2 N–H and O–H groups in total. The molecule has 4 aliphatic carbocycles. The van der Waals surface area contributed by atoms with Gasteiger partial charge in [0.15, 0.2) is 5.78 Å². The number of carbonyl (C=O) groups is 2. The van der Waals surface area contributed by atoms with Crippen molar-refractivity contribution in [1.29, 1.82) is 0 Å². The first-order valence-electron chi connectivity index (χ1n) is 11.7. The lowest BCUT2D eigenvalue weighted by Gasteiger charge is -2.57. The van der Waals surface area contributed by atoms with Crippen molar-refractivity contribution in [3.63, 3.8) is 0 Å². The van der Waals surface area contributed by atoms with Gasteiger partial charge in [0.05, 0.1) is 25.5 Å². The lowest BCUT2D eigenvalue weighted by Crippen LogP contribution is -2.62. The van der Waals surface area contributed by atoms with Gasteiger partial charge in [0, 0.05) is 17.8 Å². The number of allylic oxidation sites excluding steroid dienone is 5. The van der Waals surface area contributed by atoms with E-state index in [9.17, 15) is 19.8 Å². The lowest BCUT2D eigenvalue weighted by atomic mass is 9.53. The van der Waals surface area contributed by atoms with Crippen molar-refractivity contribution >= 4 is 24.8 Å². The van der Waals surface area contributed by atoms with Crippen molar-refractivity contribution in [2.75, 3.05) is 0 Å². The van der Waals surface area contributed by atoms with E-state index in [4.69, 9.17) is 0 Å². The summed E-state index contributed by atoms with van der Waals surface area (Å²) in [4.78, 5) is 26.9. The van der Waals surface area contributed by atoms with Crippen LogP contribution in [-0.4, -0.2) is 35.5 Å². The van der Waals surface area contributed by atoms with E-state index in [-0.39, 0.29) is 28.3 Å². The maximum absolute atomic E-state index is 13.6. The molecule has 32 heavy (non-hydrogen) atoms. The molecule has 168 valence electrons. The van der Waals surface area contributed by atoms with Crippen LogP contribution in [0.4, 0.5) is 0 Å². The monoisotopic (exact) mass is 448 g/mol. The number of ketones is 2. The molecule has 4 nitrogen and oxygen atoms in total. The van der Waals surface area contributed by atoms with E-state index < -0.39 is 37.3 Å². The molecule has 0 amide bonds. The van der Waals surface area contributed by atoms with Gasteiger partial charge in [0.25, 0.3) is 0 Å². The normalized spacial score (nSPS) is 40.9. The third kappa shape index (κ3) is 2.90. The van der Waals surface area contributed by atoms with Gasteiger partial charge < -0.3 is 10.2 Å². The topological polar surface area (TPSA) is 74.6 Å². The van der Waals surface area contributed by atoms with Crippen LogP contribution in [0.25, 0.3) is 0 Å². The fourth-order valence-corrected chi connectivity index (χ4v) is 10.2. The Hall–Kier alpha value is -2.24. The summed E-state index contributed by atoms with van der Waals surface area (Å²) in [5, 5.41) is 23.6. The van der Waals surface area contributed by atoms with Crippen LogP contribution in [0.2, 0.25) is 18.1 Å². The van der Waals surface area contributed by atoms with Gasteiger partial charge in [-0.05, 0) is 30.4 Å². The lowest BCUT2D eigenvalue weighted by molar-refractivity contribution is -0.153. The number of aliphatic hydroxyl groups is 2. The molecule has 0 saturated heterocycles. The molecule has 2 saturated carbocycles. The van der Waals surface area contributed by atoms with Crippen LogP contribution in [0.15, 0.2) is 66.5 Å². The number of hydrogen-bond acceptors (Lipinski definition) is 4. The van der Waals surface area contributed by atoms with E-state index in [2.05, 4.69) is 44.3 Å². The molecular formula is C27H32O4Si. The number of Topliss-reactive ketones (excluding diaryl/α,β-unsaturated/α-hetero) is 2. The summed E-state index contributed by atoms with van der Waals surface area (Å²) in [6, 6.07) is 10.6. The molecule has 0 bridgehead atoms. The summed E-state index contributed by atoms with van der Waals surface area (Å²) in [7, 11) is -1.93. The highest BCUT2D eigenvalue weighted by molar-refractivity contribution is 6.92. The first-order valence-corrected chi connectivity index (χ1v) is 14.7. The average Bonchev–Trinajstić information content (AvgIpc) is 2.76. The summed E-state index contributed by atoms with van der Waals surface area (Å²) < 4.78 is 0. The quantitative estimate of drug-likeness (QED) is 0.528. The second-order valence-electron chi connectivity index (χ2n) is 11.1. The van der Waals surface area contributed by atoms with Gasteiger partial charge in [0.1, 0.15) is 11.5 Å². The largest absolute Gasteiger partial charge is 0.512 e. The number of fused-ring (bicyclic) bond motifs is 4. The molecular weight excluding hydrogens is 416 g/mol. The SMILES string of the molecule is CC1([Si](C)(C)c2ccccc2)CCC2C3C(=O)C4C=CC=C(O)C4C(=O)C3C=CC2(O)C1. The Balaban J connectivity index is 1.50. The Morgan fingerprint density at radius 2 is 1.75 bits per heavy atom. The first-order chi connectivity index (χ1) is 15.1. The number of aliphatic hydroxyl groups excluding tert-OH is 1. The van der Waals surface area contributed by atoms with Gasteiger partial charge in [-0.15, -0.1) is 0 Å². The van der Waals surface area contributed by atoms with E-state index in [1.165, 1.54) is 11.3 Å². The second-order valence-corrected chi connectivity index (χ2v) is 16.1. The van der Waals surface area contributed by atoms with E-state index >= 15 is 0 Å². The van der Waals surface area contributed by atoms with Crippen molar-refractivity contribution in [1.82, 2.24) is 0 Å². The molecule has 5 heteroatoms. The minimum Gasteiger partial charge on any atom is -0.512 e. The van der Waals surface area contributed by atoms with Crippen LogP contribution in [0.3, 0.4) is 0 Å². The number of hydrogen-bond donors (Lipinski definition) is 2. The Morgan fingerprint density at radius 1 is 1.03 bits per heavy atom. The smallest absolute Gasteiger partial charge is 0.152 e. The maximum atomic E-state index is 13.6. The zero-order chi connectivity index (χ0) is 22.9. The molecule has 4 aliphatic rings. The Kier molecular flexibility index (Phi) is 4.81. The zero-order valence-corrected chi connectivity index (χ0v) is 20.0. The van der Waals surface area contributed by atoms with Crippen molar-refractivity contribution < 1.29 is 19.8 Å². The molecule has 7 unspecified atom stereocenters. The zero-order valence-electron chi connectivity index (χ0n) is 19.0. The van der Waals surface area contributed by atoms with Gasteiger partial charge in [-0.2, -0.15) is 0 Å². The van der Waals surface area contributed by atoms with Crippen LogP contribution in [-0.2, 0) is 9.59 Å². The second kappa shape index (κ2) is 7.13. The third-order valence-electron chi connectivity index (χ3n) is 9.29. The number of carbonyl (C=O) groups excluding carboxylic acids is 2. The summed E-state index contributed by atoms with van der Waals surface area (Å²) in [5.74, 6) is -2.84. The Bertz CT molecular complexity index is 1050. The predicted molar refractivity (Wildman–Crippen MR) is 127 cm³/mol. The van der Waals surface area contributed by atoms with Gasteiger partial charge in [-0.25, -0.2) is 0 Å². The maximum Gasteiger partial charge on any atom is 0.152 e. The molecule has 1 aromatic rings. The van der Waals surface area contributed by atoms with Gasteiger partial charge >= 0.3 is 0 Å². The van der Waals surface area contributed by atoms with Crippen molar-refractivity contribution in [2.24, 2.45) is 29.6 Å². The summed E-state index contributed by atoms with van der Waals surface area (Å²) in [6.45, 7) is 7.06. The third-order valence-corrected chi connectivity index (χ3v) is 14.5. The van der Waals surface area contributed by atoms with Crippen molar-refractivity contribution in [3.05, 3.63) is 66.5 Å². The Labute approximate surface area is 190 Å². The number of benzene rings is 1. The van der Waals surface area contributed by atoms with E-state index in [1.54, 1.807) is 18.2 Å². The molecule has 0 heterocycles. The van der Waals surface area contributed by atoms with Crippen LogP contribution in [0, 0.1) is 29.6 Å². The van der Waals surface area contributed by atoms with E-state index in [1.807, 2.05) is 12.1 Å². The standard InChI is InChI=1S/C27H32O4Si/c1-26(32(2,3)17-8-5-4-6-9-17)14-13-20-22-19(12-15-27(20,31)16-26)25(30)23-18(24(22)29)10-7-11-21(23)28/h4-12,15,18-20,22-23,28,31H,13-14,16H2,1-3H3. The molecule has 7 atom stereocenters. The number of rotatable bonds is 2. The molecule has 0 aromatic heterocycles. The highest BCUT2D eigenvalue weighted by atomic mass is 28.3. The summed E-state index contributed by atoms with van der Waals surface area (Å²) in [5.41, 5.74) is -1.09. The molecule has 1 aromatic carbocycles. The fraction of sp³-hybridized carbons (Fsp3) is 0.481. The van der Waals surface area contributed by atoms with Crippen molar-refractivity contribution in [3.8, 4) is 0 Å². The minimum absolute atomic E-state index is 0.00792. The average molecular weight is 449 g/mol. The Morgan fingerprint density at radius 3 is 2.47 bits per heavy atom. The minimum atomic E-state index is -1.93. The highest BCUT2D eigenvalue weighted by Gasteiger charge is 2.62. The molecule has 0 radical (unpaired) electrons. The summed E-state index contributed by atoms with van der Waals surface area (Å²) in [6.07, 6.45) is 10.8. The molecule has 0 spiro atoms. The summed E-state index contributed by atoms with van der Waals surface area (Å²) >= 11 is 0. The van der Waals surface area contributed by atoms with Crippen LogP contribution in [0.1, 0.15) is 26.2 Å². The molecule has 5 rings (SSSR count). The van der Waals surface area contributed by atoms with Crippen LogP contribution < -0.4 is 5.19 Å². The highest BCUT2D eigenvalue weighted by Crippen LogP contribution is 2.60. The van der Waals surface area contributed by atoms with Gasteiger partial charge in [-0.1, -0.05) is 79.8 Å². The van der Waals surface area contributed by atoms with E-state index in [0.717, 1.165) is 12.8 Å². The van der Waals surface area contributed by atoms with Gasteiger partial charge in [0.2, 0.25) is 0 Å². The van der Waals surface area contributed by atoms with Crippen molar-refractivity contribution in [2.45, 2.75) is 49.9 Å². The molecule has 0 aliphatic heterocycles. The van der Waals surface area contributed by atoms with E-state index in [0.29, 0.717) is 6.42 Å². The fourth-order valence-electron chi connectivity index (χ4n) is 6.95. The van der Waals surface area contributed by atoms with Gasteiger partial charge in [-0.3, -0.25) is 9.59 Å². The first kappa shape index (κ1) is 21.6. The molecule has 2 fully saturated rings. The van der Waals surface area contributed by atoms with Crippen LogP contribution >= 0.6 is 0 Å². The predicted octanol–water partition coefficient (Wildman–Crippen LogP) is 4.09. The van der Waals surface area contributed by atoms with Crippen LogP contribution in [0.5, 0.6) is 0 Å².